The first-order valence-corrected chi connectivity index (χ1v) is 26.6. The van der Waals surface area contributed by atoms with E-state index in [1.54, 1.807) is 0 Å². The molecule has 0 radical (unpaired) electrons. The Morgan fingerprint density at radius 1 is 0.361 bits per heavy atom. The lowest BCUT2D eigenvalue weighted by Gasteiger charge is -2.44. The molecule has 0 aliphatic carbocycles. The number of ether oxygens (including phenoxy) is 1. The minimum atomic E-state index is -2.32. The number of unbranched alkanes of at least 4 members (excludes halogenated alkanes) is 30. The van der Waals surface area contributed by atoms with Gasteiger partial charge in [-0.25, -0.2) is 4.79 Å². The fourth-order valence-electron chi connectivity index (χ4n) is 9.46. The molecule has 0 saturated carbocycles. The lowest BCUT2D eigenvalue weighted by Crippen LogP contribution is -2.61. The summed E-state index contributed by atoms with van der Waals surface area (Å²) in [6, 6.07) is 0. The predicted molar refractivity (Wildman–Crippen MR) is 259 cm³/mol. The summed E-state index contributed by atoms with van der Waals surface area (Å²) in [4.78, 5) is 39.3. The van der Waals surface area contributed by atoms with E-state index in [1.165, 1.54) is 141 Å². The second-order valence-corrected chi connectivity index (χ2v) is 20.7. The molecular weight excluding hydrogens is 761 g/mol. The smallest absolute Gasteiger partial charge is 0.337 e. The SMILES string of the molecule is CC(C)CCCCCCCCCCCCCOC(CC(=O)O)(C(=O)O)C(CCCCCCCCCCCCCC(C)C)(CCCCCCCCCCCCCC(C)C)C(=O)O. The maximum atomic E-state index is 13.5. The number of hydrogen-bond acceptors (Lipinski definition) is 4. The zero-order valence-corrected chi connectivity index (χ0v) is 41.5. The minimum Gasteiger partial charge on any atom is -0.481 e. The Bertz CT molecular complexity index is 989. The van der Waals surface area contributed by atoms with Crippen LogP contribution in [0.15, 0.2) is 0 Å². The highest BCUT2D eigenvalue weighted by atomic mass is 16.5. The van der Waals surface area contributed by atoms with Crippen LogP contribution in [0.1, 0.15) is 292 Å². The van der Waals surface area contributed by atoms with Crippen LogP contribution in [0.3, 0.4) is 0 Å². The number of carboxylic acids is 3. The predicted octanol–water partition coefficient (Wildman–Crippen LogP) is 17.2. The molecule has 0 spiro atoms. The van der Waals surface area contributed by atoms with E-state index < -0.39 is 35.3 Å². The summed E-state index contributed by atoms with van der Waals surface area (Å²) in [5.41, 5.74) is -4.12. The summed E-state index contributed by atoms with van der Waals surface area (Å²) in [6.07, 6.45) is 40.5. The van der Waals surface area contributed by atoms with Gasteiger partial charge < -0.3 is 20.1 Å². The van der Waals surface area contributed by atoms with Crippen molar-refractivity contribution in [3.8, 4) is 0 Å². The number of carbonyl (C=O) groups is 3. The van der Waals surface area contributed by atoms with Crippen LogP contribution in [0.5, 0.6) is 0 Å². The number of carboxylic acid groups (broad SMARTS) is 3. The molecule has 61 heavy (non-hydrogen) atoms. The normalized spacial score (nSPS) is 13.1. The van der Waals surface area contributed by atoms with Gasteiger partial charge in [0.05, 0.1) is 6.42 Å². The van der Waals surface area contributed by atoms with Crippen molar-refractivity contribution in [3.05, 3.63) is 0 Å². The first-order valence-electron chi connectivity index (χ1n) is 26.6. The van der Waals surface area contributed by atoms with E-state index in [-0.39, 0.29) is 19.4 Å². The van der Waals surface area contributed by atoms with Crippen molar-refractivity contribution >= 4 is 17.9 Å². The maximum Gasteiger partial charge on any atom is 0.337 e. The Hall–Kier alpha value is -1.63. The van der Waals surface area contributed by atoms with Crippen molar-refractivity contribution < 1.29 is 34.4 Å². The van der Waals surface area contributed by atoms with Crippen molar-refractivity contribution in [2.45, 2.75) is 298 Å². The van der Waals surface area contributed by atoms with Gasteiger partial charge in [0.2, 0.25) is 0 Å². The van der Waals surface area contributed by atoms with Gasteiger partial charge in [0.15, 0.2) is 5.60 Å². The molecule has 3 N–H and O–H groups in total. The molecule has 0 aromatic heterocycles. The van der Waals surface area contributed by atoms with Crippen LogP contribution < -0.4 is 0 Å². The van der Waals surface area contributed by atoms with Gasteiger partial charge in [-0.1, -0.05) is 266 Å². The van der Waals surface area contributed by atoms with Crippen molar-refractivity contribution in [1.82, 2.24) is 0 Å². The molecule has 0 rings (SSSR count). The van der Waals surface area contributed by atoms with E-state index in [0.717, 1.165) is 88.4 Å². The molecule has 0 aromatic rings. The number of hydrogen-bond donors (Lipinski definition) is 3. The molecule has 1 atom stereocenters. The van der Waals surface area contributed by atoms with Gasteiger partial charge in [-0.2, -0.15) is 0 Å². The Morgan fingerprint density at radius 2 is 0.607 bits per heavy atom. The van der Waals surface area contributed by atoms with Crippen LogP contribution in [0.4, 0.5) is 0 Å². The van der Waals surface area contributed by atoms with Gasteiger partial charge in [0.25, 0.3) is 0 Å². The van der Waals surface area contributed by atoms with E-state index in [0.29, 0.717) is 19.3 Å². The summed E-state index contributed by atoms with van der Waals surface area (Å²) < 4.78 is 6.21. The lowest BCUT2D eigenvalue weighted by molar-refractivity contribution is -0.208. The second kappa shape index (κ2) is 39.9. The van der Waals surface area contributed by atoms with Crippen molar-refractivity contribution in [2.75, 3.05) is 6.61 Å². The Balaban J connectivity index is 5.29. The molecule has 0 fully saturated rings. The number of rotatable bonds is 48. The van der Waals surface area contributed by atoms with Crippen molar-refractivity contribution in [1.29, 1.82) is 0 Å². The van der Waals surface area contributed by atoms with Crippen molar-refractivity contribution in [3.63, 3.8) is 0 Å². The Morgan fingerprint density at radius 3 is 0.836 bits per heavy atom. The van der Waals surface area contributed by atoms with Crippen LogP contribution >= 0.6 is 0 Å². The van der Waals surface area contributed by atoms with Gasteiger partial charge in [-0.15, -0.1) is 0 Å². The van der Waals surface area contributed by atoms with Gasteiger partial charge in [-0.05, 0) is 37.0 Å². The third-order valence-corrected chi connectivity index (χ3v) is 13.5. The summed E-state index contributed by atoms with van der Waals surface area (Å²) in [6.45, 7) is 13.8. The average Bonchev–Trinajstić information content (AvgIpc) is 3.19. The third-order valence-electron chi connectivity index (χ3n) is 13.5. The van der Waals surface area contributed by atoms with Crippen LogP contribution in [0.2, 0.25) is 0 Å². The largest absolute Gasteiger partial charge is 0.481 e. The summed E-state index contributed by atoms with van der Waals surface area (Å²) in [7, 11) is 0. The fourth-order valence-corrected chi connectivity index (χ4v) is 9.46. The molecule has 0 amide bonds. The van der Waals surface area contributed by atoms with Gasteiger partial charge in [0.1, 0.15) is 5.41 Å². The van der Waals surface area contributed by atoms with Crippen LogP contribution in [-0.2, 0) is 19.1 Å². The molecule has 7 heteroatoms. The zero-order valence-electron chi connectivity index (χ0n) is 41.5. The van der Waals surface area contributed by atoms with E-state index >= 15 is 0 Å². The summed E-state index contributed by atoms with van der Waals surface area (Å²) in [5.74, 6) is -1.64. The summed E-state index contributed by atoms with van der Waals surface area (Å²) in [5, 5.41) is 32.0. The van der Waals surface area contributed by atoms with E-state index in [9.17, 15) is 29.7 Å². The second-order valence-electron chi connectivity index (χ2n) is 20.7. The fraction of sp³-hybridized carbons (Fsp3) is 0.944. The van der Waals surface area contributed by atoms with Crippen LogP contribution in [0, 0.1) is 23.2 Å². The molecule has 0 aliphatic rings. The molecule has 0 saturated heterocycles. The quantitative estimate of drug-likeness (QED) is 0.0521. The zero-order chi connectivity index (χ0) is 45.5. The molecule has 0 aromatic carbocycles. The Labute approximate surface area is 378 Å². The molecule has 7 nitrogen and oxygen atoms in total. The highest BCUT2D eigenvalue weighted by Gasteiger charge is 2.63. The van der Waals surface area contributed by atoms with E-state index in [2.05, 4.69) is 41.5 Å². The lowest BCUT2D eigenvalue weighted by atomic mass is 9.63. The Kier molecular flexibility index (Phi) is 38.9. The molecule has 0 aliphatic heterocycles. The van der Waals surface area contributed by atoms with Gasteiger partial charge >= 0.3 is 17.9 Å². The number of aliphatic carboxylic acids is 3. The molecule has 0 bridgehead atoms. The minimum absolute atomic E-state index is 0.0560. The monoisotopic (exact) mass is 865 g/mol. The van der Waals surface area contributed by atoms with Gasteiger partial charge in [-0.3, -0.25) is 9.59 Å². The molecule has 362 valence electrons. The van der Waals surface area contributed by atoms with Gasteiger partial charge in [0, 0.05) is 6.61 Å². The van der Waals surface area contributed by atoms with E-state index in [1.807, 2.05) is 0 Å². The first-order chi connectivity index (χ1) is 29.3. The van der Waals surface area contributed by atoms with Crippen molar-refractivity contribution in [2.24, 2.45) is 23.2 Å². The first kappa shape index (κ1) is 59.4. The molecule has 0 heterocycles. The summed E-state index contributed by atoms with van der Waals surface area (Å²) >= 11 is 0. The van der Waals surface area contributed by atoms with Crippen LogP contribution in [-0.4, -0.2) is 45.4 Å². The topological polar surface area (TPSA) is 121 Å². The van der Waals surface area contributed by atoms with Crippen LogP contribution in [0.25, 0.3) is 0 Å². The maximum absolute atomic E-state index is 13.5. The highest BCUT2D eigenvalue weighted by Crippen LogP contribution is 2.47. The standard InChI is InChI=1S/C54H104O7/c1-47(2)40-34-28-22-16-10-7-13-19-25-31-37-43-53(51(57)58,44-38-32-26-20-14-8-11-17-23-29-35-41-48(3)4)54(52(59)60,46-50(55)56)61-45-39-33-27-21-15-9-12-18-24-30-36-42-49(5)6/h47-49H,7-46H2,1-6H3,(H,55,56)(H,57,58)(H,59,60). The third kappa shape index (κ3) is 31.8. The molecule has 1 unspecified atom stereocenters. The highest BCUT2D eigenvalue weighted by molar-refractivity contribution is 5.92. The average molecular weight is 865 g/mol. The molecular formula is C54H104O7. The van der Waals surface area contributed by atoms with E-state index in [4.69, 9.17) is 4.74 Å².